The average Bonchev–Trinajstić information content (AvgIpc) is 2.87. The molecule has 3 rings (SSSR count). The Morgan fingerprint density at radius 1 is 1.03 bits per heavy atom. The van der Waals surface area contributed by atoms with Crippen molar-refractivity contribution in [2.45, 2.75) is 17.7 Å². The molecule has 3 aromatic rings. The number of carbonyl (C=O) groups excluding carboxylic acids is 3. The van der Waals surface area contributed by atoms with Crippen LogP contribution in [0.2, 0.25) is 0 Å². The first-order valence-electron chi connectivity index (χ1n) is 10.3. The van der Waals surface area contributed by atoms with E-state index in [0.717, 1.165) is 5.56 Å². The number of amides is 1. The van der Waals surface area contributed by atoms with E-state index in [1.54, 1.807) is 30.5 Å². The molecule has 0 spiro atoms. The van der Waals surface area contributed by atoms with Crippen molar-refractivity contribution in [2.24, 2.45) is 5.73 Å². The standard InChI is InChI=1S/C24H24N4O5S/c1-32-22(30)17(25)14-19(34-2)21(29)16-10-6-11-18(20(16)15-8-4-3-5-9-15)28-24(31)33-23-26-12-7-13-27-23/h3-13,17,19H,14,25H2,1-2H3,(H,28,31)/t17-,19?/m0/s1. The van der Waals surface area contributed by atoms with Crippen molar-refractivity contribution in [3.05, 3.63) is 72.6 Å². The van der Waals surface area contributed by atoms with Crippen LogP contribution in [-0.2, 0) is 9.53 Å². The molecule has 1 heterocycles. The number of benzene rings is 2. The molecule has 2 atom stereocenters. The molecule has 0 radical (unpaired) electrons. The van der Waals surface area contributed by atoms with Crippen LogP contribution in [0.25, 0.3) is 11.1 Å². The third-order valence-corrected chi connectivity index (χ3v) is 5.88. The molecule has 10 heteroatoms. The van der Waals surface area contributed by atoms with E-state index in [2.05, 4.69) is 15.3 Å². The fourth-order valence-electron chi connectivity index (χ4n) is 3.30. The van der Waals surface area contributed by atoms with Gasteiger partial charge in [-0.1, -0.05) is 42.5 Å². The minimum absolute atomic E-state index is 0.103. The summed E-state index contributed by atoms with van der Waals surface area (Å²) >= 11 is 1.29. The maximum Gasteiger partial charge on any atom is 0.419 e. The van der Waals surface area contributed by atoms with Gasteiger partial charge in [0.15, 0.2) is 5.78 Å². The van der Waals surface area contributed by atoms with Crippen molar-refractivity contribution >= 4 is 35.3 Å². The summed E-state index contributed by atoms with van der Waals surface area (Å²) in [6.07, 6.45) is 3.97. The normalized spacial score (nSPS) is 12.3. The summed E-state index contributed by atoms with van der Waals surface area (Å²) in [6, 6.07) is 14.7. The molecule has 3 N–H and O–H groups in total. The number of anilines is 1. The molecule has 1 amide bonds. The topological polar surface area (TPSA) is 134 Å². The molecule has 0 fully saturated rings. The second-order valence-corrected chi connectivity index (χ2v) is 8.13. The first kappa shape index (κ1) is 24.9. The molecular formula is C24H24N4O5S. The molecule has 0 aliphatic heterocycles. The van der Waals surface area contributed by atoms with Crippen molar-refractivity contribution in [1.29, 1.82) is 0 Å². The number of nitrogens with one attached hydrogen (secondary N) is 1. The molecule has 176 valence electrons. The van der Waals surface area contributed by atoms with Crippen LogP contribution in [0.1, 0.15) is 16.8 Å². The summed E-state index contributed by atoms with van der Waals surface area (Å²) in [5, 5.41) is 2.08. The highest BCUT2D eigenvalue weighted by Crippen LogP contribution is 2.34. The molecule has 0 saturated heterocycles. The lowest BCUT2D eigenvalue weighted by atomic mass is 9.92. The zero-order valence-electron chi connectivity index (χ0n) is 18.6. The quantitative estimate of drug-likeness (QED) is 0.348. The largest absolute Gasteiger partial charge is 0.468 e. The number of aromatic nitrogens is 2. The Kier molecular flexibility index (Phi) is 8.72. The molecule has 2 aromatic carbocycles. The molecule has 9 nitrogen and oxygen atoms in total. The van der Waals surface area contributed by atoms with E-state index in [9.17, 15) is 14.4 Å². The van der Waals surface area contributed by atoms with Crippen molar-refractivity contribution < 1.29 is 23.9 Å². The van der Waals surface area contributed by atoms with E-state index in [4.69, 9.17) is 15.2 Å². The highest BCUT2D eigenvalue weighted by molar-refractivity contribution is 8.00. The minimum atomic E-state index is -0.936. The first-order chi connectivity index (χ1) is 16.4. The Bertz CT molecular complexity index is 1140. The lowest BCUT2D eigenvalue weighted by Gasteiger charge is -2.20. The minimum Gasteiger partial charge on any atom is -0.468 e. The lowest BCUT2D eigenvalue weighted by molar-refractivity contribution is -0.142. The van der Waals surface area contributed by atoms with Gasteiger partial charge in [-0.3, -0.25) is 14.9 Å². The zero-order valence-corrected chi connectivity index (χ0v) is 19.5. The fraction of sp³-hybridized carbons (Fsp3) is 0.208. The summed E-state index contributed by atoms with van der Waals surface area (Å²) in [4.78, 5) is 45.6. The number of Topliss-reactive ketones (excluding diaryl/α,β-unsaturated/α-hetero) is 1. The van der Waals surface area contributed by atoms with Crippen LogP contribution in [0, 0.1) is 0 Å². The van der Waals surface area contributed by atoms with E-state index in [-0.39, 0.29) is 18.2 Å². The molecule has 0 saturated carbocycles. The Morgan fingerprint density at radius 2 is 1.74 bits per heavy atom. The molecule has 0 aliphatic carbocycles. The molecule has 0 aliphatic rings. The lowest BCUT2D eigenvalue weighted by Crippen LogP contribution is -2.36. The number of rotatable bonds is 9. The van der Waals surface area contributed by atoms with Gasteiger partial charge in [-0.15, -0.1) is 0 Å². The third kappa shape index (κ3) is 6.18. The van der Waals surface area contributed by atoms with Crippen LogP contribution in [0.3, 0.4) is 0 Å². The van der Waals surface area contributed by atoms with Crippen molar-refractivity contribution in [3.63, 3.8) is 0 Å². The van der Waals surface area contributed by atoms with E-state index < -0.39 is 23.4 Å². The third-order valence-electron chi connectivity index (χ3n) is 4.90. The van der Waals surface area contributed by atoms with Crippen LogP contribution in [-0.4, -0.2) is 52.5 Å². The first-order valence-corrected chi connectivity index (χ1v) is 11.6. The summed E-state index contributed by atoms with van der Waals surface area (Å²) in [5.41, 5.74) is 7.89. The number of nitrogens with zero attached hydrogens (tertiary/aromatic N) is 2. The van der Waals surface area contributed by atoms with Gasteiger partial charge >= 0.3 is 18.1 Å². The van der Waals surface area contributed by atoms with E-state index in [0.29, 0.717) is 16.8 Å². The number of thioether (sulfide) groups is 1. The van der Waals surface area contributed by atoms with Crippen molar-refractivity contribution in [1.82, 2.24) is 9.97 Å². The second-order valence-electron chi connectivity index (χ2n) is 7.09. The van der Waals surface area contributed by atoms with Gasteiger partial charge in [0.05, 0.1) is 18.0 Å². The number of methoxy groups -OCH3 is 1. The number of ketones is 1. The van der Waals surface area contributed by atoms with Crippen LogP contribution >= 0.6 is 11.8 Å². The molecule has 34 heavy (non-hydrogen) atoms. The maximum absolute atomic E-state index is 13.6. The average molecular weight is 481 g/mol. The Morgan fingerprint density at radius 3 is 2.38 bits per heavy atom. The maximum atomic E-state index is 13.6. The van der Waals surface area contributed by atoms with E-state index in [1.807, 2.05) is 30.3 Å². The predicted molar refractivity (Wildman–Crippen MR) is 130 cm³/mol. The van der Waals surface area contributed by atoms with Gasteiger partial charge in [0.2, 0.25) is 0 Å². The summed E-state index contributed by atoms with van der Waals surface area (Å²) < 4.78 is 9.83. The highest BCUT2D eigenvalue weighted by atomic mass is 32.2. The highest BCUT2D eigenvalue weighted by Gasteiger charge is 2.28. The van der Waals surface area contributed by atoms with Gasteiger partial charge in [-0.05, 0) is 30.4 Å². The van der Waals surface area contributed by atoms with Crippen LogP contribution in [0.5, 0.6) is 6.01 Å². The Balaban J connectivity index is 1.96. The molecular weight excluding hydrogens is 456 g/mol. The smallest absolute Gasteiger partial charge is 0.419 e. The van der Waals surface area contributed by atoms with E-state index >= 15 is 0 Å². The van der Waals surface area contributed by atoms with Gasteiger partial charge < -0.3 is 15.2 Å². The van der Waals surface area contributed by atoms with Gasteiger partial charge in [0, 0.05) is 23.5 Å². The molecule has 1 unspecified atom stereocenters. The molecule has 1 aromatic heterocycles. The van der Waals surface area contributed by atoms with E-state index in [1.165, 1.54) is 31.3 Å². The number of nitrogens with two attached hydrogens (primary N) is 1. The summed E-state index contributed by atoms with van der Waals surface area (Å²) in [6.45, 7) is 0. The SMILES string of the molecule is COC(=O)[C@@H](N)CC(SC)C(=O)c1cccc(NC(=O)Oc2ncccn2)c1-c1ccccc1. The summed E-state index contributed by atoms with van der Waals surface area (Å²) in [5.74, 6) is -0.814. The zero-order chi connectivity index (χ0) is 24.5. The number of carbonyl (C=O) groups is 3. The summed E-state index contributed by atoms with van der Waals surface area (Å²) in [7, 11) is 1.25. The van der Waals surface area contributed by atoms with Gasteiger partial charge in [0.25, 0.3) is 0 Å². The number of hydrogen-bond acceptors (Lipinski definition) is 9. The Labute approximate surface area is 201 Å². The van der Waals surface area contributed by atoms with Crippen LogP contribution < -0.4 is 15.8 Å². The number of ether oxygens (including phenoxy) is 2. The van der Waals surface area contributed by atoms with Gasteiger partial charge in [-0.2, -0.15) is 11.8 Å². The van der Waals surface area contributed by atoms with Crippen LogP contribution in [0.4, 0.5) is 10.5 Å². The monoisotopic (exact) mass is 480 g/mol. The second kappa shape index (κ2) is 11.9. The fourth-order valence-corrected chi connectivity index (χ4v) is 4.04. The number of hydrogen-bond donors (Lipinski definition) is 2. The van der Waals surface area contributed by atoms with Crippen LogP contribution in [0.15, 0.2) is 67.0 Å². The van der Waals surface area contributed by atoms with Crippen molar-refractivity contribution in [3.8, 4) is 17.1 Å². The molecule has 0 bridgehead atoms. The Hall–Kier alpha value is -3.76. The van der Waals surface area contributed by atoms with Crippen molar-refractivity contribution in [2.75, 3.05) is 18.7 Å². The van der Waals surface area contributed by atoms with Gasteiger partial charge in [-0.25, -0.2) is 14.8 Å². The number of esters is 1. The van der Waals surface area contributed by atoms with Gasteiger partial charge in [0.1, 0.15) is 6.04 Å². The predicted octanol–water partition coefficient (Wildman–Crippen LogP) is 3.56.